The van der Waals surface area contributed by atoms with Crippen LogP contribution in [-0.2, 0) is 39.0 Å². The number of unbranched alkanes of at least 4 members (excludes halogenated alkanes) is 1. The van der Waals surface area contributed by atoms with Crippen LogP contribution >= 0.6 is 0 Å². The lowest BCUT2D eigenvalue weighted by Gasteiger charge is -2.11. The Hall–Kier alpha value is -4.01. The first-order chi connectivity index (χ1) is 21.9. The molecule has 0 saturated heterocycles. The van der Waals surface area contributed by atoms with Gasteiger partial charge in [-0.15, -0.1) is 0 Å². The number of hydrogen-bond acceptors (Lipinski definition) is 6. The first-order valence-corrected chi connectivity index (χ1v) is 17.0. The van der Waals surface area contributed by atoms with E-state index in [0.717, 1.165) is 75.9 Å². The summed E-state index contributed by atoms with van der Waals surface area (Å²) in [5.41, 5.74) is 5.78. The van der Waals surface area contributed by atoms with Crippen LogP contribution in [0.5, 0.6) is 11.5 Å². The number of nitrogens with zero attached hydrogens (tertiary/aromatic N) is 2. The second-order valence-electron chi connectivity index (χ2n) is 10.7. The quantitative estimate of drug-likeness (QED) is 0.0834. The number of carbonyl (C=O) groups is 1. The van der Waals surface area contributed by atoms with Crippen molar-refractivity contribution >= 4 is 22.7 Å². The summed E-state index contributed by atoms with van der Waals surface area (Å²) in [7, 11) is -1.20. The molecule has 0 spiro atoms. The van der Waals surface area contributed by atoms with Gasteiger partial charge in [-0.05, 0) is 98.0 Å². The van der Waals surface area contributed by atoms with Crippen molar-refractivity contribution in [3.63, 3.8) is 0 Å². The van der Waals surface area contributed by atoms with E-state index in [0.29, 0.717) is 25.6 Å². The Morgan fingerprint density at radius 3 is 2.38 bits per heavy atom. The van der Waals surface area contributed by atoms with Crippen LogP contribution in [0.25, 0.3) is 17.2 Å². The number of carbonyl (C=O) groups excluding carboxylic acids is 1. The molecule has 7 nitrogen and oxygen atoms in total. The van der Waals surface area contributed by atoms with Gasteiger partial charge in [0.2, 0.25) is 0 Å². The maximum Gasteiger partial charge on any atom is 0.160 e. The molecule has 0 unspecified atom stereocenters. The van der Waals surface area contributed by atoms with Gasteiger partial charge in [-0.3, -0.25) is 13.7 Å². The Morgan fingerprint density at radius 1 is 0.911 bits per heavy atom. The minimum absolute atomic E-state index is 0.0284. The summed E-state index contributed by atoms with van der Waals surface area (Å²) in [6, 6.07) is 21.4. The van der Waals surface area contributed by atoms with Crippen LogP contribution in [0.1, 0.15) is 56.0 Å². The number of rotatable bonds is 18. The maximum absolute atomic E-state index is 13.0. The van der Waals surface area contributed by atoms with Crippen molar-refractivity contribution in [2.24, 2.45) is 0 Å². The minimum atomic E-state index is -1.20. The highest BCUT2D eigenvalue weighted by molar-refractivity contribution is 7.84. The molecule has 0 aliphatic carbocycles. The molecular weight excluding hydrogens is 584 g/mol. The number of aromatic nitrogens is 2. The fourth-order valence-electron chi connectivity index (χ4n) is 4.83. The Balaban J connectivity index is 1.37. The molecule has 0 amide bonds. The van der Waals surface area contributed by atoms with Crippen molar-refractivity contribution < 1.29 is 23.2 Å². The zero-order chi connectivity index (χ0) is 32.0. The lowest BCUT2D eigenvalue weighted by Crippen LogP contribution is -2.07. The molecule has 4 rings (SSSR count). The van der Waals surface area contributed by atoms with Crippen LogP contribution in [0.2, 0.25) is 0 Å². The standard InChI is InChI=1S/C37H44N2O5S/c1-5-8-21-42-22-23-44-34-16-12-30(13-17-34)31-14-20-37(43-7-3)32(25-31)11-15-33(40)24-29-9-18-35(19-10-29)45(41)27-36-28(4)26-38-39(36)6-2/h9-20,25-26H,5-8,21-24,27H2,1-4H3/b15-11+/t45-/m0/s1. The summed E-state index contributed by atoms with van der Waals surface area (Å²) in [5.74, 6) is 1.90. The van der Waals surface area contributed by atoms with E-state index < -0.39 is 10.8 Å². The van der Waals surface area contributed by atoms with E-state index in [2.05, 4.69) is 12.0 Å². The van der Waals surface area contributed by atoms with Crippen molar-refractivity contribution in [2.45, 2.75) is 64.2 Å². The molecule has 0 bridgehead atoms. The SMILES string of the molecule is CCCCOCCOc1ccc(-c2ccc(OCC)c(/C=C/C(=O)Cc3ccc([S@@](=O)Cc4c(C)cnn4CC)cc3)c2)cc1. The number of ketones is 1. The van der Waals surface area contributed by atoms with Gasteiger partial charge in [0.05, 0.1) is 41.7 Å². The zero-order valence-corrected chi connectivity index (χ0v) is 27.6. The second kappa shape index (κ2) is 17.5. The van der Waals surface area contributed by atoms with Crippen molar-refractivity contribution in [3.05, 3.63) is 101 Å². The molecule has 1 atom stereocenters. The highest BCUT2D eigenvalue weighted by Gasteiger charge is 2.13. The number of benzene rings is 3. The average Bonchev–Trinajstić information content (AvgIpc) is 3.41. The molecule has 3 aromatic carbocycles. The summed E-state index contributed by atoms with van der Waals surface area (Å²) < 4.78 is 32.1. The molecule has 0 N–H and O–H groups in total. The highest BCUT2D eigenvalue weighted by Crippen LogP contribution is 2.29. The third-order valence-corrected chi connectivity index (χ3v) is 8.71. The molecule has 4 aromatic rings. The monoisotopic (exact) mass is 628 g/mol. The van der Waals surface area contributed by atoms with Crippen LogP contribution in [0.15, 0.2) is 83.9 Å². The molecule has 0 radical (unpaired) electrons. The number of hydrogen-bond donors (Lipinski definition) is 0. The summed E-state index contributed by atoms with van der Waals surface area (Å²) in [6.45, 7) is 11.2. The van der Waals surface area contributed by atoms with E-state index in [4.69, 9.17) is 14.2 Å². The fraction of sp³-hybridized carbons (Fsp3) is 0.351. The second-order valence-corrected chi connectivity index (χ2v) is 12.2. The molecule has 1 heterocycles. The number of aryl methyl sites for hydroxylation is 2. The Kier molecular flexibility index (Phi) is 13.2. The van der Waals surface area contributed by atoms with Gasteiger partial charge >= 0.3 is 0 Å². The van der Waals surface area contributed by atoms with Gasteiger partial charge in [-0.25, -0.2) is 0 Å². The number of ether oxygens (including phenoxy) is 3. The molecule has 0 saturated carbocycles. The molecule has 8 heteroatoms. The third-order valence-electron chi connectivity index (χ3n) is 7.37. The predicted molar refractivity (Wildman–Crippen MR) is 181 cm³/mol. The van der Waals surface area contributed by atoms with Crippen LogP contribution < -0.4 is 9.47 Å². The van der Waals surface area contributed by atoms with Gasteiger partial charge in [0.25, 0.3) is 0 Å². The normalized spacial score (nSPS) is 12.0. The molecule has 1 aromatic heterocycles. The fourth-order valence-corrected chi connectivity index (χ4v) is 6.06. The number of allylic oxidation sites excluding steroid dienone is 1. The Bertz CT molecular complexity index is 1580. The average molecular weight is 629 g/mol. The largest absolute Gasteiger partial charge is 0.493 e. The van der Waals surface area contributed by atoms with E-state index in [1.807, 2.05) is 104 Å². The van der Waals surface area contributed by atoms with Gasteiger partial charge in [0, 0.05) is 30.0 Å². The van der Waals surface area contributed by atoms with Crippen LogP contribution in [-0.4, -0.2) is 46.2 Å². The highest BCUT2D eigenvalue weighted by atomic mass is 32.2. The predicted octanol–water partition coefficient (Wildman–Crippen LogP) is 7.61. The van der Waals surface area contributed by atoms with E-state index in [1.54, 1.807) is 6.08 Å². The summed E-state index contributed by atoms with van der Waals surface area (Å²) in [5, 5.41) is 4.35. The molecule has 0 fully saturated rings. The van der Waals surface area contributed by atoms with Crippen molar-refractivity contribution in [1.82, 2.24) is 9.78 Å². The Morgan fingerprint density at radius 2 is 1.67 bits per heavy atom. The molecule has 45 heavy (non-hydrogen) atoms. The molecule has 0 aliphatic heterocycles. The van der Waals surface area contributed by atoms with Gasteiger partial charge in [-0.2, -0.15) is 5.10 Å². The van der Waals surface area contributed by atoms with Gasteiger partial charge < -0.3 is 14.2 Å². The zero-order valence-electron chi connectivity index (χ0n) is 26.8. The maximum atomic E-state index is 13.0. The summed E-state index contributed by atoms with van der Waals surface area (Å²) >= 11 is 0. The molecular formula is C37H44N2O5S. The van der Waals surface area contributed by atoms with E-state index >= 15 is 0 Å². The molecule has 238 valence electrons. The minimum Gasteiger partial charge on any atom is -0.493 e. The van der Waals surface area contributed by atoms with Gasteiger partial charge in [-0.1, -0.05) is 43.7 Å². The third kappa shape index (κ3) is 9.99. The van der Waals surface area contributed by atoms with Crippen molar-refractivity contribution in [1.29, 1.82) is 0 Å². The lowest BCUT2D eigenvalue weighted by molar-refractivity contribution is -0.113. The first-order valence-electron chi connectivity index (χ1n) is 15.7. The van der Waals surface area contributed by atoms with Gasteiger partial charge in [0.1, 0.15) is 18.1 Å². The van der Waals surface area contributed by atoms with Crippen LogP contribution in [0.3, 0.4) is 0 Å². The Labute approximate surface area is 269 Å². The van der Waals surface area contributed by atoms with Crippen molar-refractivity contribution in [2.75, 3.05) is 26.4 Å². The van der Waals surface area contributed by atoms with Crippen molar-refractivity contribution in [3.8, 4) is 22.6 Å². The van der Waals surface area contributed by atoms with Crippen LogP contribution in [0.4, 0.5) is 0 Å². The van der Waals surface area contributed by atoms with E-state index in [1.165, 1.54) is 0 Å². The molecule has 0 aliphatic rings. The lowest BCUT2D eigenvalue weighted by atomic mass is 10.0. The summed E-state index contributed by atoms with van der Waals surface area (Å²) in [4.78, 5) is 13.7. The smallest absolute Gasteiger partial charge is 0.160 e. The van der Waals surface area contributed by atoms with Crippen LogP contribution in [0, 0.1) is 6.92 Å². The topological polar surface area (TPSA) is 79.7 Å². The van der Waals surface area contributed by atoms with E-state index in [-0.39, 0.29) is 12.2 Å². The van der Waals surface area contributed by atoms with Gasteiger partial charge in [0.15, 0.2) is 5.78 Å². The summed E-state index contributed by atoms with van der Waals surface area (Å²) in [6.07, 6.45) is 7.66. The van der Waals surface area contributed by atoms with E-state index in [9.17, 15) is 9.00 Å². The first kappa shape index (κ1) is 33.9.